The molecule has 3 rings (SSSR count). The minimum atomic E-state index is -0.159. The fraction of sp³-hybridized carbons (Fsp3) is 0.471. The molecule has 1 aromatic heterocycles. The molecule has 0 saturated carbocycles. The third kappa shape index (κ3) is 5.01. The van der Waals surface area contributed by atoms with Crippen LogP contribution in [-0.4, -0.2) is 60.3 Å². The zero-order chi connectivity index (χ0) is 17.5. The number of ether oxygens (including phenoxy) is 2. The van der Waals surface area contributed by atoms with Crippen LogP contribution in [0.25, 0.3) is 0 Å². The van der Waals surface area contributed by atoms with E-state index >= 15 is 0 Å². The molecule has 2 aromatic rings. The standard InChI is InChI=1S/C17H22N4O4/c1-13-19-16(20-25-13)12-24-15-5-3-2-4-14(15)17(22)18-6-7-21-8-10-23-11-9-21/h2-5H,6-12H2,1H3,(H,18,22). The summed E-state index contributed by atoms with van der Waals surface area (Å²) >= 11 is 0. The summed E-state index contributed by atoms with van der Waals surface area (Å²) in [6.45, 7) is 6.55. The van der Waals surface area contributed by atoms with E-state index in [1.54, 1.807) is 19.1 Å². The van der Waals surface area contributed by atoms with Crippen molar-refractivity contribution in [2.75, 3.05) is 39.4 Å². The highest BCUT2D eigenvalue weighted by atomic mass is 16.5. The van der Waals surface area contributed by atoms with Crippen LogP contribution in [0.1, 0.15) is 22.1 Å². The summed E-state index contributed by atoms with van der Waals surface area (Å²) in [6.07, 6.45) is 0. The highest BCUT2D eigenvalue weighted by Gasteiger charge is 2.14. The number of para-hydroxylation sites is 1. The Morgan fingerprint density at radius 1 is 1.32 bits per heavy atom. The van der Waals surface area contributed by atoms with Gasteiger partial charge < -0.3 is 19.3 Å². The summed E-state index contributed by atoms with van der Waals surface area (Å²) in [7, 11) is 0. The van der Waals surface area contributed by atoms with E-state index in [0.717, 1.165) is 32.8 Å². The van der Waals surface area contributed by atoms with E-state index in [9.17, 15) is 4.79 Å². The van der Waals surface area contributed by atoms with Crippen LogP contribution >= 0.6 is 0 Å². The summed E-state index contributed by atoms with van der Waals surface area (Å²) in [5.41, 5.74) is 0.490. The van der Waals surface area contributed by atoms with Gasteiger partial charge in [-0.1, -0.05) is 17.3 Å². The highest BCUT2D eigenvalue weighted by molar-refractivity contribution is 5.96. The lowest BCUT2D eigenvalue weighted by Gasteiger charge is -2.26. The maximum atomic E-state index is 12.4. The maximum Gasteiger partial charge on any atom is 0.255 e. The lowest BCUT2D eigenvalue weighted by molar-refractivity contribution is 0.0383. The number of morpholine rings is 1. The van der Waals surface area contributed by atoms with Crippen molar-refractivity contribution in [1.29, 1.82) is 0 Å². The molecule has 2 heterocycles. The molecule has 0 bridgehead atoms. The lowest BCUT2D eigenvalue weighted by Crippen LogP contribution is -2.41. The molecule has 1 amide bonds. The summed E-state index contributed by atoms with van der Waals surface area (Å²) in [6, 6.07) is 7.12. The van der Waals surface area contributed by atoms with E-state index in [2.05, 4.69) is 20.4 Å². The van der Waals surface area contributed by atoms with Crippen molar-refractivity contribution in [3.05, 3.63) is 41.5 Å². The summed E-state index contributed by atoms with van der Waals surface area (Å²) in [5.74, 6) is 1.26. The van der Waals surface area contributed by atoms with Crippen molar-refractivity contribution in [1.82, 2.24) is 20.4 Å². The molecule has 1 aliphatic heterocycles. The van der Waals surface area contributed by atoms with Crippen LogP contribution in [0.4, 0.5) is 0 Å². The van der Waals surface area contributed by atoms with Crippen LogP contribution in [0.5, 0.6) is 5.75 Å². The molecule has 0 aliphatic carbocycles. The first-order chi connectivity index (χ1) is 12.2. The summed E-state index contributed by atoms with van der Waals surface area (Å²) in [4.78, 5) is 18.8. The second-order valence-electron chi connectivity index (χ2n) is 5.72. The second-order valence-corrected chi connectivity index (χ2v) is 5.72. The molecular weight excluding hydrogens is 324 g/mol. The third-order valence-corrected chi connectivity index (χ3v) is 3.88. The SMILES string of the molecule is Cc1nc(COc2ccccc2C(=O)NCCN2CCOCC2)no1. The lowest BCUT2D eigenvalue weighted by atomic mass is 10.2. The van der Waals surface area contributed by atoms with E-state index in [-0.39, 0.29) is 12.5 Å². The molecule has 8 nitrogen and oxygen atoms in total. The monoisotopic (exact) mass is 346 g/mol. The number of hydrogen-bond acceptors (Lipinski definition) is 7. The van der Waals surface area contributed by atoms with Crippen molar-refractivity contribution in [3.8, 4) is 5.75 Å². The first-order valence-electron chi connectivity index (χ1n) is 8.31. The van der Waals surface area contributed by atoms with Crippen molar-refractivity contribution in [2.24, 2.45) is 0 Å². The van der Waals surface area contributed by atoms with Gasteiger partial charge in [0.2, 0.25) is 11.7 Å². The zero-order valence-corrected chi connectivity index (χ0v) is 14.2. The van der Waals surface area contributed by atoms with Gasteiger partial charge in [-0.2, -0.15) is 4.98 Å². The highest BCUT2D eigenvalue weighted by Crippen LogP contribution is 2.18. The predicted molar refractivity (Wildman–Crippen MR) is 89.4 cm³/mol. The summed E-state index contributed by atoms with van der Waals surface area (Å²) in [5, 5.41) is 6.72. The molecule has 0 spiro atoms. The summed E-state index contributed by atoms with van der Waals surface area (Å²) < 4.78 is 15.9. The van der Waals surface area contributed by atoms with E-state index in [1.807, 2.05) is 12.1 Å². The van der Waals surface area contributed by atoms with Crippen molar-refractivity contribution in [2.45, 2.75) is 13.5 Å². The Bertz CT molecular complexity index is 697. The molecule has 0 radical (unpaired) electrons. The van der Waals surface area contributed by atoms with Crippen LogP contribution in [-0.2, 0) is 11.3 Å². The molecular formula is C17H22N4O4. The Morgan fingerprint density at radius 2 is 2.12 bits per heavy atom. The fourth-order valence-electron chi connectivity index (χ4n) is 2.57. The molecule has 1 N–H and O–H groups in total. The van der Waals surface area contributed by atoms with Gasteiger partial charge in [0.1, 0.15) is 5.75 Å². The topological polar surface area (TPSA) is 89.7 Å². The number of nitrogens with zero attached hydrogens (tertiary/aromatic N) is 3. The van der Waals surface area contributed by atoms with E-state index in [4.69, 9.17) is 14.0 Å². The number of carbonyl (C=O) groups is 1. The van der Waals surface area contributed by atoms with Crippen LogP contribution in [0.15, 0.2) is 28.8 Å². The van der Waals surface area contributed by atoms with Crippen molar-refractivity contribution in [3.63, 3.8) is 0 Å². The first kappa shape index (κ1) is 17.4. The van der Waals surface area contributed by atoms with E-state index in [1.165, 1.54) is 0 Å². The van der Waals surface area contributed by atoms with Gasteiger partial charge >= 0.3 is 0 Å². The average Bonchev–Trinajstić information content (AvgIpc) is 3.06. The largest absolute Gasteiger partial charge is 0.485 e. The average molecular weight is 346 g/mol. The molecule has 134 valence electrons. The Hall–Kier alpha value is -2.45. The molecule has 1 aromatic carbocycles. The maximum absolute atomic E-state index is 12.4. The number of aryl methyl sites for hydroxylation is 1. The van der Waals surface area contributed by atoms with E-state index in [0.29, 0.717) is 29.6 Å². The van der Waals surface area contributed by atoms with Crippen molar-refractivity contribution < 1.29 is 18.8 Å². The van der Waals surface area contributed by atoms with Gasteiger partial charge in [0.25, 0.3) is 5.91 Å². The van der Waals surface area contributed by atoms with Gasteiger partial charge in [0, 0.05) is 33.1 Å². The number of aromatic nitrogens is 2. The quantitative estimate of drug-likeness (QED) is 0.800. The number of hydrogen-bond donors (Lipinski definition) is 1. The molecule has 0 unspecified atom stereocenters. The van der Waals surface area contributed by atoms with Gasteiger partial charge in [-0.25, -0.2) is 0 Å². The molecule has 25 heavy (non-hydrogen) atoms. The fourth-order valence-corrected chi connectivity index (χ4v) is 2.57. The number of nitrogens with one attached hydrogen (secondary N) is 1. The van der Waals surface area contributed by atoms with Crippen LogP contribution in [0.2, 0.25) is 0 Å². The number of rotatable bonds is 7. The third-order valence-electron chi connectivity index (χ3n) is 3.88. The van der Waals surface area contributed by atoms with Crippen LogP contribution < -0.4 is 10.1 Å². The Labute approximate surface area is 146 Å². The van der Waals surface area contributed by atoms with Crippen LogP contribution in [0, 0.1) is 6.92 Å². The zero-order valence-electron chi connectivity index (χ0n) is 14.2. The Kier molecular flexibility index (Phi) is 5.97. The molecule has 0 atom stereocenters. The van der Waals surface area contributed by atoms with Gasteiger partial charge in [0.05, 0.1) is 18.8 Å². The van der Waals surface area contributed by atoms with E-state index < -0.39 is 0 Å². The molecule has 8 heteroatoms. The first-order valence-corrected chi connectivity index (χ1v) is 8.31. The van der Waals surface area contributed by atoms with Gasteiger partial charge in [0.15, 0.2) is 6.61 Å². The molecule has 1 fully saturated rings. The molecule has 1 saturated heterocycles. The van der Waals surface area contributed by atoms with Crippen LogP contribution in [0.3, 0.4) is 0 Å². The number of benzene rings is 1. The van der Waals surface area contributed by atoms with Gasteiger partial charge in [-0.05, 0) is 12.1 Å². The predicted octanol–water partition coefficient (Wildman–Crippen LogP) is 1.02. The number of amides is 1. The smallest absolute Gasteiger partial charge is 0.255 e. The van der Waals surface area contributed by atoms with Gasteiger partial charge in [-0.3, -0.25) is 9.69 Å². The van der Waals surface area contributed by atoms with Gasteiger partial charge in [-0.15, -0.1) is 0 Å². The minimum absolute atomic E-state index is 0.148. The second kappa shape index (κ2) is 8.59. The molecule has 1 aliphatic rings. The minimum Gasteiger partial charge on any atom is -0.485 e. The normalized spacial score (nSPS) is 15.1. The van der Waals surface area contributed by atoms with Crippen molar-refractivity contribution >= 4 is 5.91 Å². The Balaban J connectivity index is 1.52. The Morgan fingerprint density at radius 3 is 2.88 bits per heavy atom. The number of carbonyl (C=O) groups excluding carboxylic acids is 1.